The van der Waals surface area contributed by atoms with Crippen LogP contribution in [0.1, 0.15) is 6.92 Å². The van der Waals surface area contributed by atoms with Gasteiger partial charge < -0.3 is 5.11 Å². The molecule has 0 aromatic heterocycles. The fourth-order valence-corrected chi connectivity index (χ4v) is 2.08. The monoisotopic (exact) mass is 240 g/mol. The number of aliphatic hydroxyl groups is 1. The molecule has 0 fully saturated rings. The first-order valence-corrected chi connectivity index (χ1v) is 6.04. The van der Waals surface area contributed by atoms with Crippen molar-refractivity contribution in [1.29, 1.82) is 0 Å². The van der Waals surface area contributed by atoms with Crippen molar-refractivity contribution in [3.8, 4) is 11.8 Å². The summed E-state index contributed by atoms with van der Waals surface area (Å²) in [5.74, 6) is 4.79. The second-order valence-electron chi connectivity index (χ2n) is 2.98. The van der Waals surface area contributed by atoms with Crippen LogP contribution >= 0.6 is 0 Å². The zero-order chi connectivity index (χ0) is 12.0. The Hall–Kier alpha value is -1.35. The van der Waals surface area contributed by atoms with Gasteiger partial charge in [0.15, 0.2) is 0 Å². The van der Waals surface area contributed by atoms with Crippen LogP contribution in [0.4, 0.5) is 0 Å². The van der Waals surface area contributed by atoms with Crippen molar-refractivity contribution in [3.63, 3.8) is 0 Å². The Balaban J connectivity index is 2.81. The molecule has 1 unspecified atom stereocenters. The van der Waals surface area contributed by atoms with Gasteiger partial charge in [-0.15, -0.1) is 0 Å². The molecule has 86 valence electrons. The highest BCUT2D eigenvalue weighted by Crippen LogP contribution is 2.12. The van der Waals surface area contributed by atoms with Crippen molar-refractivity contribution >= 4 is 10.1 Å². The van der Waals surface area contributed by atoms with Crippen LogP contribution in [0.2, 0.25) is 0 Å². The molecule has 0 heterocycles. The van der Waals surface area contributed by atoms with Crippen molar-refractivity contribution in [2.75, 3.05) is 6.61 Å². The van der Waals surface area contributed by atoms with E-state index in [4.69, 9.17) is 9.29 Å². The third-order valence-electron chi connectivity index (χ3n) is 1.69. The minimum absolute atomic E-state index is 0.0904. The molecule has 0 aliphatic heterocycles. The van der Waals surface area contributed by atoms with Gasteiger partial charge in [0.1, 0.15) is 12.7 Å². The van der Waals surface area contributed by atoms with Crippen molar-refractivity contribution in [2.45, 2.75) is 17.9 Å². The Labute approximate surface area is 95.0 Å². The van der Waals surface area contributed by atoms with Crippen LogP contribution in [0.5, 0.6) is 0 Å². The molecule has 0 aliphatic rings. The van der Waals surface area contributed by atoms with E-state index < -0.39 is 16.2 Å². The normalized spacial score (nSPS) is 12.6. The molecule has 1 atom stereocenters. The summed E-state index contributed by atoms with van der Waals surface area (Å²) in [5.41, 5.74) is 0. The smallest absolute Gasteiger partial charge is 0.298 e. The molecule has 0 bridgehead atoms. The predicted molar refractivity (Wildman–Crippen MR) is 59.0 cm³/mol. The van der Waals surface area contributed by atoms with E-state index in [-0.39, 0.29) is 11.5 Å². The Morgan fingerprint density at radius 2 is 2.00 bits per heavy atom. The number of aliphatic hydroxyl groups excluding tert-OH is 1. The topological polar surface area (TPSA) is 63.6 Å². The highest BCUT2D eigenvalue weighted by molar-refractivity contribution is 7.86. The quantitative estimate of drug-likeness (QED) is 0.626. The van der Waals surface area contributed by atoms with Crippen LogP contribution in [0, 0.1) is 11.8 Å². The minimum atomic E-state index is -3.77. The van der Waals surface area contributed by atoms with Crippen LogP contribution in [0.25, 0.3) is 0 Å². The second-order valence-corrected chi connectivity index (χ2v) is 4.56. The van der Waals surface area contributed by atoms with Gasteiger partial charge >= 0.3 is 0 Å². The summed E-state index contributed by atoms with van der Waals surface area (Å²) in [6, 6.07) is 7.83. The Morgan fingerprint density at radius 3 is 2.56 bits per heavy atom. The first-order chi connectivity index (χ1) is 7.56. The molecule has 16 heavy (non-hydrogen) atoms. The average Bonchev–Trinajstić information content (AvgIpc) is 2.27. The van der Waals surface area contributed by atoms with Crippen LogP contribution in [-0.2, 0) is 14.3 Å². The summed E-state index contributed by atoms with van der Waals surface area (Å²) in [5, 5.41) is 8.45. The lowest BCUT2D eigenvalue weighted by Gasteiger charge is -2.07. The standard InChI is InChI=1S/C11H12O4S/c1-10(6-5-9-12)15-16(13,14)11-7-3-2-4-8-11/h2-4,7-8,10,12H,9H2,1H3. The molecule has 0 radical (unpaired) electrons. The molecule has 5 heteroatoms. The molecule has 0 saturated heterocycles. The van der Waals surface area contributed by atoms with Gasteiger partial charge in [-0.3, -0.25) is 4.18 Å². The minimum Gasteiger partial charge on any atom is -0.384 e. The third kappa shape index (κ3) is 3.66. The van der Waals surface area contributed by atoms with Crippen LogP contribution in [0.3, 0.4) is 0 Å². The third-order valence-corrected chi connectivity index (χ3v) is 3.08. The van der Waals surface area contributed by atoms with E-state index in [1.165, 1.54) is 19.1 Å². The summed E-state index contributed by atoms with van der Waals surface area (Å²) in [6.07, 6.45) is -0.780. The molecule has 0 amide bonds. The zero-order valence-corrected chi connectivity index (χ0v) is 9.57. The molecule has 0 saturated carbocycles. The maximum Gasteiger partial charge on any atom is 0.298 e. The summed E-state index contributed by atoms with van der Waals surface area (Å²) in [7, 11) is -3.77. The lowest BCUT2D eigenvalue weighted by atomic mass is 10.4. The van der Waals surface area contributed by atoms with E-state index >= 15 is 0 Å². The summed E-state index contributed by atoms with van der Waals surface area (Å²) in [6.45, 7) is 1.18. The second kappa shape index (κ2) is 5.66. The molecule has 4 nitrogen and oxygen atoms in total. The largest absolute Gasteiger partial charge is 0.384 e. The van der Waals surface area contributed by atoms with Crippen LogP contribution in [-0.4, -0.2) is 26.2 Å². The maximum absolute atomic E-state index is 11.7. The molecule has 1 rings (SSSR count). The molecule has 1 aromatic carbocycles. The van der Waals surface area contributed by atoms with E-state index in [0.717, 1.165) is 0 Å². The molecule has 0 spiro atoms. The highest BCUT2D eigenvalue weighted by Gasteiger charge is 2.17. The Kier molecular flexibility index (Phi) is 4.50. The SMILES string of the molecule is CC(C#CCO)OS(=O)(=O)c1ccccc1. The van der Waals surface area contributed by atoms with Gasteiger partial charge in [0, 0.05) is 0 Å². The Bertz CT molecular complexity index is 482. The van der Waals surface area contributed by atoms with Gasteiger partial charge in [0.2, 0.25) is 0 Å². The fourth-order valence-electron chi connectivity index (χ4n) is 1.05. The molecule has 1 aromatic rings. The van der Waals surface area contributed by atoms with E-state index in [0.29, 0.717) is 0 Å². The summed E-state index contributed by atoms with van der Waals surface area (Å²) in [4.78, 5) is 0.0904. The first-order valence-electron chi connectivity index (χ1n) is 4.64. The predicted octanol–water partition coefficient (Wildman–Crippen LogP) is 0.776. The van der Waals surface area contributed by atoms with Gasteiger partial charge in [-0.1, -0.05) is 30.0 Å². The Morgan fingerprint density at radius 1 is 1.38 bits per heavy atom. The average molecular weight is 240 g/mol. The molecule has 0 aliphatic carbocycles. The first kappa shape index (κ1) is 12.7. The van der Waals surface area contributed by atoms with Gasteiger partial charge in [0.25, 0.3) is 10.1 Å². The number of hydrogen-bond donors (Lipinski definition) is 1. The maximum atomic E-state index is 11.7. The van der Waals surface area contributed by atoms with Crippen molar-refractivity contribution in [2.24, 2.45) is 0 Å². The zero-order valence-electron chi connectivity index (χ0n) is 8.75. The van der Waals surface area contributed by atoms with E-state index in [9.17, 15) is 8.42 Å². The summed E-state index contributed by atoms with van der Waals surface area (Å²) >= 11 is 0. The van der Waals surface area contributed by atoms with E-state index in [1.54, 1.807) is 18.2 Å². The van der Waals surface area contributed by atoms with Gasteiger partial charge in [0.05, 0.1) is 4.90 Å². The van der Waals surface area contributed by atoms with E-state index in [2.05, 4.69) is 11.8 Å². The van der Waals surface area contributed by atoms with Crippen molar-refractivity contribution in [1.82, 2.24) is 0 Å². The fraction of sp³-hybridized carbons (Fsp3) is 0.273. The van der Waals surface area contributed by atoms with Crippen LogP contribution < -0.4 is 0 Å². The molecular formula is C11H12O4S. The van der Waals surface area contributed by atoms with Gasteiger partial charge in [-0.05, 0) is 19.1 Å². The molecule has 1 N–H and O–H groups in total. The number of hydrogen-bond acceptors (Lipinski definition) is 4. The highest BCUT2D eigenvalue weighted by atomic mass is 32.2. The van der Waals surface area contributed by atoms with Gasteiger partial charge in [-0.25, -0.2) is 0 Å². The lowest BCUT2D eigenvalue weighted by molar-refractivity contribution is 0.282. The number of benzene rings is 1. The molecular weight excluding hydrogens is 228 g/mol. The van der Waals surface area contributed by atoms with Gasteiger partial charge in [-0.2, -0.15) is 8.42 Å². The summed E-state index contributed by atoms with van der Waals surface area (Å²) < 4.78 is 28.1. The number of rotatable bonds is 3. The van der Waals surface area contributed by atoms with Crippen LogP contribution in [0.15, 0.2) is 35.2 Å². The van der Waals surface area contributed by atoms with Crippen molar-refractivity contribution < 1.29 is 17.7 Å². The lowest BCUT2D eigenvalue weighted by Crippen LogP contribution is -2.14. The van der Waals surface area contributed by atoms with Crippen molar-refractivity contribution in [3.05, 3.63) is 30.3 Å². The van der Waals surface area contributed by atoms with E-state index in [1.807, 2.05) is 0 Å².